The van der Waals surface area contributed by atoms with Crippen LogP contribution in [0.5, 0.6) is 11.5 Å². The van der Waals surface area contributed by atoms with Crippen LogP contribution in [0.15, 0.2) is 46.6 Å². The van der Waals surface area contributed by atoms with Crippen molar-refractivity contribution in [3.63, 3.8) is 0 Å². The van der Waals surface area contributed by atoms with E-state index in [-0.39, 0.29) is 18.9 Å². The average Bonchev–Trinajstić information content (AvgIpc) is 2.61. The Morgan fingerprint density at radius 3 is 2.60 bits per heavy atom. The molecule has 2 aromatic rings. The van der Waals surface area contributed by atoms with E-state index in [1.165, 1.54) is 0 Å². The molecule has 0 aliphatic heterocycles. The van der Waals surface area contributed by atoms with E-state index in [0.29, 0.717) is 16.9 Å². The predicted octanol–water partition coefficient (Wildman–Crippen LogP) is 4.18. The van der Waals surface area contributed by atoms with Crippen molar-refractivity contribution in [2.75, 3.05) is 13.7 Å². The lowest BCUT2D eigenvalue weighted by atomic mass is 10.1. The predicted molar refractivity (Wildman–Crippen MR) is 93.6 cm³/mol. The van der Waals surface area contributed by atoms with Crippen LogP contribution in [0, 0.1) is 13.8 Å². The molecule has 2 N–H and O–H groups in total. The van der Waals surface area contributed by atoms with Crippen LogP contribution in [0.4, 0.5) is 16.2 Å². The molecule has 0 aromatic heterocycles. The highest BCUT2D eigenvalue weighted by atomic mass is 16.5. The standard InChI is InChI=1S/C18H20N3O4/c1-4-19-18(23)25-11-13-9-12(2)10-16(17(13)22)21-20-14-5-7-15(24-3)8-6-14/h5-10,22H,1,4,11H2,2-3H3,(H,19,23). The number of carbonyl (C=O) groups excluding carboxylic acids is 1. The van der Waals surface area contributed by atoms with Crippen LogP contribution in [0.25, 0.3) is 0 Å². The fraction of sp³-hybridized carbons (Fsp3) is 0.222. The van der Waals surface area contributed by atoms with Gasteiger partial charge in [0.15, 0.2) is 0 Å². The molecule has 2 aromatic carbocycles. The third-order valence-corrected chi connectivity index (χ3v) is 3.29. The number of hydrogen-bond acceptors (Lipinski definition) is 6. The number of benzene rings is 2. The minimum Gasteiger partial charge on any atom is -0.505 e. The molecular weight excluding hydrogens is 322 g/mol. The van der Waals surface area contributed by atoms with Gasteiger partial charge in [-0.15, -0.1) is 5.11 Å². The molecule has 7 heteroatoms. The van der Waals surface area contributed by atoms with E-state index >= 15 is 0 Å². The number of ether oxygens (including phenoxy) is 2. The van der Waals surface area contributed by atoms with Gasteiger partial charge in [-0.2, -0.15) is 5.11 Å². The van der Waals surface area contributed by atoms with Gasteiger partial charge in [-0.1, -0.05) is 0 Å². The third kappa shape index (κ3) is 5.20. The van der Waals surface area contributed by atoms with E-state index in [1.807, 2.05) is 6.92 Å². The van der Waals surface area contributed by atoms with Crippen LogP contribution >= 0.6 is 0 Å². The summed E-state index contributed by atoms with van der Waals surface area (Å²) in [5.74, 6) is 0.641. The van der Waals surface area contributed by atoms with E-state index in [4.69, 9.17) is 9.47 Å². The lowest BCUT2D eigenvalue weighted by Gasteiger charge is -2.09. The van der Waals surface area contributed by atoms with Crippen molar-refractivity contribution in [2.24, 2.45) is 10.2 Å². The Morgan fingerprint density at radius 1 is 1.24 bits per heavy atom. The van der Waals surface area contributed by atoms with Gasteiger partial charge in [0.1, 0.15) is 23.8 Å². The first-order valence-electron chi connectivity index (χ1n) is 7.61. The van der Waals surface area contributed by atoms with Crippen LogP contribution < -0.4 is 10.1 Å². The first-order valence-corrected chi connectivity index (χ1v) is 7.61. The van der Waals surface area contributed by atoms with Crippen molar-refractivity contribution >= 4 is 17.5 Å². The van der Waals surface area contributed by atoms with Crippen molar-refractivity contribution in [1.82, 2.24) is 5.32 Å². The average molecular weight is 342 g/mol. The Kier molecular flexibility index (Phi) is 6.33. The summed E-state index contributed by atoms with van der Waals surface area (Å²) in [5, 5.41) is 20.9. The van der Waals surface area contributed by atoms with E-state index in [9.17, 15) is 9.90 Å². The largest absolute Gasteiger partial charge is 0.505 e. The van der Waals surface area contributed by atoms with Gasteiger partial charge in [-0.05, 0) is 55.8 Å². The van der Waals surface area contributed by atoms with Crippen molar-refractivity contribution < 1.29 is 19.4 Å². The highest BCUT2D eigenvalue weighted by Crippen LogP contribution is 2.33. The molecule has 1 radical (unpaired) electrons. The second kappa shape index (κ2) is 8.68. The summed E-state index contributed by atoms with van der Waals surface area (Å²) >= 11 is 0. The van der Waals surface area contributed by atoms with E-state index < -0.39 is 6.09 Å². The number of phenolic OH excluding ortho intramolecular Hbond substituents is 1. The van der Waals surface area contributed by atoms with E-state index in [2.05, 4.69) is 22.5 Å². The van der Waals surface area contributed by atoms with Gasteiger partial charge in [0, 0.05) is 12.1 Å². The number of alkyl carbamates (subject to hydrolysis) is 1. The van der Waals surface area contributed by atoms with Gasteiger partial charge in [-0.25, -0.2) is 4.79 Å². The molecule has 2 rings (SSSR count). The molecule has 25 heavy (non-hydrogen) atoms. The van der Waals surface area contributed by atoms with Gasteiger partial charge in [0.2, 0.25) is 0 Å². The normalized spacial score (nSPS) is 10.7. The second-order valence-electron chi connectivity index (χ2n) is 5.19. The number of nitrogens with zero attached hydrogens (tertiary/aromatic N) is 2. The van der Waals surface area contributed by atoms with Crippen LogP contribution in [0.3, 0.4) is 0 Å². The Morgan fingerprint density at radius 2 is 1.96 bits per heavy atom. The number of carbonyl (C=O) groups is 1. The summed E-state index contributed by atoms with van der Waals surface area (Å²) in [6.45, 7) is 5.49. The number of rotatable bonds is 6. The summed E-state index contributed by atoms with van der Waals surface area (Å²) in [7, 11) is 1.59. The monoisotopic (exact) mass is 342 g/mol. The highest BCUT2D eigenvalue weighted by Gasteiger charge is 2.11. The van der Waals surface area contributed by atoms with Crippen LogP contribution in [-0.4, -0.2) is 24.9 Å². The second-order valence-corrected chi connectivity index (χ2v) is 5.19. The van der Waals surface area contributed by atoms with E-state index in [1.54, 1.807) is 43.5 Å². The van der Waals surface area contributed by atoms with Crippen LogP contribution in [-0.2, 0) is 11.3 Å². The van der Waals surface area contributed by atoms with Gasteiger partial charge in [0.05, 0.1) is 12.8 Å². The topological polar surface area (TPSA) is 92.5 Å². The number of aryl methyl sites for hydroxylation is 1. The van der Waals surface area contributed by atoms with Crippen molar-refractivity contribution in [2.45, 2.75) is 13.5 Å². The highest BCUT2D eigenvalue weighted by molar-refractivity contribution is 5.67. The Bertz CT molecular complexity index is 758. The Labute approximate surface area is 146 Å². The van der Waals surface area contributed by atoms with Crippen molar-refractivity contribution in [3.05, 3.63) is 54.4 Å². The SMILES string of the molecule is [CH2]CNC(=O)OCc1cc(C)cc(N=Nc2ccc(OC)cc2)c1O. The summed E-state index contributed by atoms with van der Waals surface area (Å²) in [4.78, 5) is 11.4. The number of nitrogens with one attached hydrogen (secondary N) is 1. The summed E-state index contributed by atoms with van der Waals surface area (Å²) in [5.41, 5.74) is 2.22. The number of phenols is 1. The molecule has 7 nitrogen and oxygen atoms in total. The minimum atomic E-state index is -0.600. The van der Waals surface area contributed by atoms with E-state index in [0.717, 1.165) is 11.3 Å². The maximum atomic E-state index is 11.4. The number of methoxy groups -OCH3 is 1. The number of hydrogen-bond donors (Lipinski definition) is 2. The first-order chi connectivity index (χ1) is 12.0. The Balaban J connectivity index is 2.16. The molecule has 0 aliphatic rings. The molecule has 0 spiro atoms. The molecule has 0 unspecified atom stereocenters. The van der Waals surface area contributed by atoms with Crippen LogP contribution in [0.2, 0.25) is 0 Å². The zero-order valence-electron chi connectivity index (χ0n) is 14.2. The van der Waals surface area contributed by atoms with Crippen LogP contribution in [0.1, 0.15) is 11.1 Å². The smallest absolute Gasteiger partial charge is 0.407 e. The molecule has 0 fully saturated rings. The summed E-state index contributed by atoms with van der Waals surface area (Å²) in [6.07, 6.45) is -0.600. The fourth-order valence-corrected chi connectivity index (χ4v) is 2.08. The zero-order chi connectivity index (χ0) is 18.2. The molecule has 0 atom stereocenters. The lowest BCUT2D eigenvalue weighted by molar-refractivity contribution is 0.140. The third-order valence-electron chi connectivity index (χ3n) is 3.29. The molecule has 1 amide bonds. The van der Waals surface area contributed by atoms with Gasteiger partial charge >= 0.3 is 6.09 Å². The summed E-state index contributed by atoms with van der Waals surface area (Å²) < 4.78 is 10.1. The number of aromatic hydroxyl groups is 1. The Hall–Kier alpha value is -3.09. The molecule has 0 saturated heterocycles. The molecule has 0 heterocycles. The molecule has 0 aliphatic carbocycles. The molecule has 0 bridgehead atoms. The molecular formula is C18H20N3O4. The first kappa shape index (κ1) is 18.3. The fourth-order valence-electron chi connectivity index (χ4n) is 2.08. The van der Waals surface area contributed by atoms with Crippen molar-refractivity contribution in [3.8, 4) is 11.5 Å². The summed E-state index contributed by atoms with van der Waals surface area (Å²) in [6, 6.07) is 10.5. The maximum Gasteiger partial charge on any atom is 0.407 e. The molecule has 131 valence electrons. The maximum absolute atomic E-state index is 11.4. The van der Waals surface area contributed by atoms with Crippen molar-refractivity contribution in [1.29, 1.82) is 0 Å². The number of azo groups is 1. The quantitative estimate of drug-likeness (QED) is 0.770. The van der Waals surface area contributed by atoms with Gasteiger partial charge in [-0.3, -0.25) is 0 Å². The minimum absolute atomic E-state index is 0.0784. The zero-order valence-corrected chi connectivity index (χ0v) is 14.2. The molecule has 0 saturated carbocycles. The van der Waals surface area contributed by atoms with Gasteiger partial charge < -0.3 is 19.9 Å². The van der Waals surface area contributed by atoms with Gasteiger partial charge in [0.25, 0.3) is 0 Å². The lowest BCUT2D eigenvalue weighted by Crippen LogP contribution is -2.23. The number of amides is 1.